The Morgan fingerprint density at radius 3 is 2.27 bits per heavy atom. The number of amides is 1. The number of anilines is 1. The molecule has 0 saturated heterocycles. The molecule has 0 bridgehead atoms. The first-order valence-corrected chi connectivity index (χ1v) is 9.95. The maximum atomic E-state index is 13.0. The standard InChI is InChI=1S/C25H20FN3O4/c1-31-22-11-8-20(13-23(22)32-2)29-24(30)17-5-3-4-16(12-17)18-14-27-25(28-15-18)33-21-9-6-19(26)7-10-21/h3-15H,1-2H3,(H,29,30). The first kappa shape index (κ1) is 21.8. The van der Waals surface area contributed by atoms with Crippen molar-refractivity contribution in [1.82, 2.24) is 9.97 Å². The molecule has 0 aliphatic heterocycles. The summed E-state index contributed by atoms with van der Waals surface area (Å²) in [4.78, 5) is 21.2. The Labute approximate surface area is 189 Å². The van der Waals surface area contributed by atoms with E-state index >= 15 is 0 Å². The minimum absolute atomic E-state index is 0.132. The van der Waals surface area contributed by atoms with Gasteiger partial charge in [0.05, 0.1) is 14.2 Å². The summed E-state index contributed by atoms with van der Waals surface area (Å²) in [5, 5.41) is 2.85. The third-order valence-electron chi connectivity index (χ3n) is 4.75. The number of carbonyl (C=O) groups is 1. The fourth-order valence-electron chi connectivity index (χ4n) is 3.08. The Morgan fingerprint density at radius 1 is 0.848 bits per heavy atom. The zero-order valence-electron chi connectivity index (χ0n) is 17.9. The van der Waals surface area contributed by atoms with Gasteiger partial charge in [-0.2, -0.15) is 0 Å². The van der Waals surface area contributed by atoms with Crippen LogP contribution in [0.4, 0.5) is 10.1 Å². The number of aromatic nitrogens is 2. The number of ether oxygens (including phenoxy) is 3. The van der Waals surface area contributed by atoms with Crippen LogP contribution in [0.3, 0.4) is 0 Å². The molecular formula is C25H20FN3O4. The maximum absolute atomic E-state index is 13.0. The number of hydrogen-bond acceptors (Lipinski definition) is 6. The van der Waals surface area contributed by atoms with Gasteiger partial charge in [0.1, 0.15) is 11.6 Å². The third-order valence-corrected chi connectivity index (χ3v) is 4.75. The van der Waals surface area contributed by atoms with Crippen molar-refractivity contribution in [3.05, 3.63) is 90.5 Å². The fourth-order valence-corrected chi connectivity index (χ4v) is 3.08. The molecule has 0 saturated carbocycles. The van der Waals surface area contributed by atoms with Crippen LogP contribution < -0.4 is 19.5 Å². The van der Waals surface area contributed by atoms with Gasteiger partial charge in [-0.05, 0) is 54.1 Å². The number of hydrogen-bond donors (Lipinski definition) is 1. The first-order chi connectivity index (χ1) is 16.1. The van der Waals surface area contributed by atoms with E-state index in [1.807, 2.05) is 6.07 Å². The molecule has 166 valence electrons. The second-order valence-electron chi connectivity index (χ2n) is 6.91. The molecule has 0 radical (unpaired) electrons. The van der Waals surface area contributed by atoms with Crippen LogP contribution in [-0.2, 0) is 0 Å². The van der Waals surface area contributed by atoms with Crippen LogP contribution in [0, 0.1) is 5.82 Å². The first-order valence-electron chi connectivity index (χ1n) is 9.95. The van der Waals surface area contributed by atoms with Crippen molar-refractivity contribution in [2.75, 3.05) is 19.5 Å². The molecule has 0 spiro atoms. The Morgan fingerprint density at radius 2 is 1.58 bits per heavy atom. The fraction of sp³-hybridized carbons (Fsp3) is 0.0800. The van der Waals surface area contributed by atoms with Crippen LogP contribution >= 0.6 is 0 Å². The van der Waals surface area contributed by atoms with Crippen molar-refractivity contribution in [2.45, 2.75) is 0 Å². The molecule has 8 heteroatoms. The molecule has 1 N–H and O–H groups in total. The number of halogens is 1. The van der Waals surface area contributed by atoms with E-state index in [4.69, 9.17) is 14.2 Å². The molecule has 33 heavy (non-hydrogen) atoms. The van der Waals surface area contributed by atoms with E-state index in [2.05, 4.69) is 15.3 Å². The van der Waals surface area contributed by atoms with Crippen molar-refractivity contribution in [1.29, 1.82) is 0 Å². The van der Waals surface area contributed by atoms with E-state index in [0.717, 1.165) is 5.56 Å². The molecular weight excluding hydrogens is 425 g/mol. The molecule has 1 heterocycles. The zero-order chi connectivity index (χ0) is 23.2. The number of carbonyl (C=O) groups excluding carboxylic acids is 1. The Balaban J connectivity index is 1.48. The Hall–Kier alpha value is -4.46. The maximum Gasteiger partial charge on any atom is 0.321 e. The summed E-state index contributed by atoms with van der Waals surface area (Å²) in [7, 11) is 3.08. The summed E-state index contributed by atoms with van der Waals surface area (Å²) < 4.78 is 29.0. The number of nitrogens with one attached hydrogen (secondary N) is 1. The van der Waals surface area contributed by atoms with Crippen LogP contribution in [0.2, 0.25) is 0 Å². The summed E-state index contributed by atoms with van der Waals surface area (Å²) in [6.45, 7) is 0. The van der Waals surface area contributed by atoms with Crippen molar-refractivity contribution in [3.63, 3.8) is 0 Å². The average molecular weight is 445 g/mol. The van der Waals surface area contributed by atoms with E-state index in [0.29, 0.717) is 34.1 Å². The highest BCUT2D eigenvalue weighted by atomic mass is 19.1. The van der Waals surface area contributed by atoms with Crippen LogP contribution in [0.1, 0.15) is 10.4 Å². The van der Waals surface area contributed by atoms with E-state index < -0.39 is 0 Å². The van der Waals surface area contributed by atoms with E-state index in [1.54, 1.807) is 55.9 Å². The van der Waals surface area contributed by atoms with Gasteiger partial charge < -0.3 is 19.5 Å². The van der Waals surface area contributed by atoms with E-state index in [9.17, 15) is 9.18 Å². The lowest BCUT2D eigenvalue weighted by atomic mass is 10.1. The second-order valence-corrected chi connectivity index (χ2v) is 6.91. The Bertz CT molecular complexity index is 1260. The smallest absolute Gasteiger partial charge is 0.321 e. The molecule has 0 aliphatic carbocycles. The van der Waals surface area contributed by atoms with Crippen molar-refractivity contribution >= 4 is 11.6 Å². The molecule has 0 unspecified atom stereocenters. The van der Waals surface area contributed by atoms with Crippen LogP contribution in [-0.4, -0.2) is 30.1 Å². The molecule has 1 amide bonds. The van der Waals surface area contributed by atoms with Crippen molar-refractivity contribution < 1.29 is 23.4 Å². The van der Waals surface area contributed by atoms with Crippen molar-refractivity contribution in [2.24, 2.45) is 0 Å². The molecule has 4 rings (SSSR count). The predicted molar refractivity (Wildman–Crippen MR) is 121 cm³/mol. The monoisotopic (exact) mass is 445 g/mol. The molecule has 3 aromatic carbocycles. The van der Waals surface area contributed by atoms with Gasteiger partial charge in [-0.25, -0.2) is 14.4 Å². The lowest BCUT2D eigenvalue weighted by Crippen LogP contribution is -2.12. The summed E-state index contributed by atoms with van der Waals surface area (Å²) in [5.74, 6) is 0.890. The zero-order valence-corrected chi connectivity index (χ0v) is 17.9. The number of nitrogens with zero attached hydrogens (tertiary/aromatic N) is 2. The van der Waals surface area contributed by atoms with Crippen LogP contribution in [0.25, 0.3) is 11.1 Å². The highest BCUT2D eigenvalue weighted by Crippen LogP contribution is 2.30. The minimum Gasteiger partial charge on any atom is -0.493 e. The van der Waals surface area contributed by atoms with Gasteiger partial charge in [-0.1, -0.05) is 12.1 Å². The topological polar surface area (TPSA) is 82.6 Å². The van der Waals surface area contributed by atoms with Crippen LogP contribution in [0.15, 0.2) is 79.1 Å². The number of benzene rings is 3. The normalized spacial score (nSPS) is 10.4. The van der Waals surface area contributed by atoms with Gasteiger partial charge in [0.2, 0.25) is 0 Å². The molecule has 0 aliphatic rings. The summed E-state index contributed by atoms with van der Waals surface area (Å²) in [5.41, 5.74) is 2.52. The molecule has 0 fully saturated rings. The van der Waals surface area contributed by atoms with E-state index in [1.165, 1.54) is 31.4 Å². The largest absolute Gasteiger partial charge is 0.493 e. The third kappa shape index (κ3) is 5.24. The molecule has 1 aromatic heterocycles. The van der Waals surface area contributed by atoms with Gasteiger partial charge in [0.25, 0.3) is 5.91 Å². The lowest BCUT2D eigenvalue weighted by molar-refractivity contribution is 0.102. The summed E-state index contributed by atoms with van der Waals surface area (Å²) in [6, 6.07) is 17.9. The highest BCUT2D eigenvalue weighted by molar-refractivity contribution is 6.05. The van der Waals surface area contributed by atoms with Gasteiger partial charge in [0.15, 0.2) is 11.5 Å². The minimum atomic E-state index is -0.353. The van der Waals surface area contributed by atoms with Gasteiger partial charge in [-0.3, -0.25) is 4.79 Å². The van der Waals surface area contributed by atoms with Crippen molar-refractivity contribution in [3.8, 4) is 34.4 Å². The number of methoxy groups -OCH3 is 2. The van der Waals surface area contributed by atoms with E-state index in [-0.39, 0.29) is 17.7 Å². The quantitative estimate of drug-likeness (QED) is 0.413. The van der Waals surface area contributed by atoms with Gasteiger partial charge in [0, 0.05) is 35.3 Å². The lowest BCUT2D eigenvalue weighted by Gasteiger charge is -2.11. The second kappa shape index (κ2) is 9.78. The summed E-state index contributed by atoms with van der Waals surface area (Å²) >= 11 is 0. The molecule has 4 aromatic rings. The molecule has 7 nitrogen and oxygen atoms in total. The Kier molecular flexibility index (Phi) is 6.45. The number of rotatable bonds is 7. The van der Waals surface area contributed by atoms with Gasteiger partial charge >= 0.3 is 6.01 Å². The average Bonchev–Trinajstić information content (AvgIpc) is 2.86. The van der Waals surface area contributed by atoms with Gasteiger partial charge in [-0.15, -0.1) is 0 Å². The molecule has 0 atom stereocenters. The summed E-state index contributed by atoms with van der Waals surface area (Å²) in [6.07, 6.45) is 3.19. The predicted octanol–water partition coefficient (Wildman–Crippen LogP) is 5.34. The van der Waals surface area contributed by atoms with Crippen LogP contribution in [0.5, 0.6) is 23.3 Å². The SMILES string of the molecule is COc1ccc(NC(=O)c2cccc(-c3cnc(Oc4ccc(F)cc4)nc3)c2)cc1OC. The highest BCUT2D eigenvalue weighted by Gasteiger charge is 2.11.